The summed E-state index contributed by atoms with van der Waals surface area (Å²) in [6.45, 7) is 5.61. The fourth-order valence-corrected chi connectivity index (χ4v) is 3.98. The minimum atomic E-state index is -4.02. The summed E-state index contributed by atoms with van der Waals surface area (Å²) in [5, 5.41) is 22.4. The fraction of sp³-hybridized carbons (Fsp3) is 0.368. The first-order valence-corrected chi connectivity index (χ1v) is 10.7. The van der Waals surface area contributed by atoms with Gasteiger partial charge in [-0.3, -0.25) is 5.10 Å². The molecule has 0 saturated heterocycles. The van der Waals surface area contributed by atoms with Crippen molar-refractivity contribution in [2.24, 2.45) is 15.9 Å². The lowest BCUT2D eigenvalue weighted by Crippen LogP contribution is -2.36. The van der Waals surface area contributed by atoms with Gasteiger partial charge in [0.15, 0.2) is 0 Å². The van der Waals surface area contributed by atoms with Gasteiger partial charge < -0.3 is 15.7 Å². The van der Waals surface area contributed by atoms with Crippen molar-refractivity contribution in [1.82, 2.24) is 10.2 Å². The predicted octanol–water partition coefficient (Wildman–Crippen LogP) is 1.24. The highest BCUT2D eigenvalue weighted by atomic mass is 32.2. The van der Waals surface area contributed by atoms with E-state index in [0.29, 0.717) is 35.8 Å². The summed E-state index contributed by atoms with van der Waals surface area (Å²) in [6.07, 6.45) is 4.13. The van der Waals surface area contributed by atoms with E-state index in [2.05, 4.69) is 15.2 Å². The molecule has 0 spiro atoms. The minimum Gasteiger partial charge on any atom is -0.390 e. The molecule has 0 aliphatic carbocycles. The largest absolute Gasteiger partial charge is 0.390 e. The Balaban J connectivity index is 2.14. The summed E-state index contributed by atoms with van der Waals surface area (Å²) in [5.41, 5.74) is 7.72. The Bertz CT molecular complexity index is 1070. The summed E-state index contributed by atoms with van der Waals surface area (Å²) in [5.74, 6) is 1.04. The first kappa shape index (κ1) is 21.0. The molecule has 6 N–H and O–H groups in total. The Kier molecular flexibility index (Phi) is 5.52. The third-order valence-electron chi connectivity index (χ3n) is 4.77. The molecule has 0 amide bonds. The molecular formula is C19H26N6O3S. The zero-order valence-electron chi connectivity index (χ0n) is 16.7. The number of aliphatic imine (C=N–C) groups is 1. The van der Waals surface area contributed by atoms with Crippen LogP contribution < -0.4 is 15.8 Å². The number of aromatic amines is 1. The van der Waals surface area contributed by atoms with Crippen LogP contribution in [0.5, 0.6) is 0 Å². The van der Waals surface area contributed by atoms with Crippen LogP contribution in [0.2, 0.25) is 0 Å². The molecule has 1 aliphatic rings. The summed E-state index contributed by atoms with van der Waals surface area (Å²) < 4.78 is 24.8. The maximum atomic E-state index is 12.4. The van der Waals surface area contributed by atoms with Crippen LogP contribution in [0.15, 0.2) is 40.5 Å². The van der Waals surface area contributed by atoms with Gasteiger partial charge in [0.2, 0.25) is 10.0 Å². The van der Waals surface area contributed by atoms with Crippen molar-refractivity contribution in [2.45, 2.75) is 44.1 Å². The van der Waals surface area contributed by atoms with Crippen LogP contribution in [0.25, 0.3) is 5.70 Å². The molecule has 0 unspecified atom stereocenters. The molecule has 1 aromatic heterocycles. The van der Waals surface area contributed by atoms with E-state index < -0.39 is 15.6 Å². The van der Waals surface area contributed by atoms with E-state index in [1.54, 1.807) is 43.1 Å². The zero-order chi connectivity index (χ0) is 21.4. The van der Waals surface area contributed by atoms with E-state index >= 15 is 0 Å². The Morgan fingerprint density at radius 2 is 2.07 bits per heavy atom. The molecule has 9 nitrogen and oxygen atoms in total. The molecule has 2 aromatic rings. The van der Waals surface area contributed by atoms with Crippen molar-refractivity contribution in [3.8, 4) is 0 Å². The lowest BCUT2D eigenvalue weighted by atomic mass is 9.94. The van der Waals surface area contributed by atoms with E-state index in [9.17, 15) is 13.5 Å². The number of aliphatic hydroxyl groups is 1. The second kappa shape index (κ2) is 7.62. The number of rotatable bonds is 6. The van der Waals surface area contributed by atoms with Gasteiger partial charge in [-0.1, -0.05) is 0 Å². The van der Waals surface area contributed by atoms with Crippen LogP contribution in [-0.4, -0.2) is 41.7 Å². The number of primary sulfonamides is 1. The summed E-state index contributed by atoms with van der Waals surface area (Å²) in [4.78, 5) is 5.98. The topological polar surface area (TPSA) is 151 Å². The van der Waals surface area contributed by atoms with Crippen molar-refractivity contribution in [2.75, 3.05) is 11.4 Å². The molecule has 29 heavy (non-hydrogen) atoms. The highest BCUT2D eigenvalue weighted by molar-refractivity contribution is 7.89. The monoisotopic (exact) mass is 418 g/mol. The van der Waals surface area contributed by atoms with E-state index in [0.717, 1.165) is 11.1 Å². The number of H-pyrrole nitrogens is 1. The Labute approximate surface area is 170 Å². The van der Waals surface area contributed by atoms with Crippen LogP contribution in [0.4, 0.5) is 5.82 Å². The van der Waals surface area contributed by atoms with Gasteiger partial charge in [-0.2, -0.15) is 5.10 Å². The molecule has 0 radical (unpaired) electrons. The van der Waals surface area contributed by atoms with Crippen LogP contribution >= 0.6 is 0 Å². The molecule has 156 valence electrons. The molecule has 0 atom stereocenters. The van der Waals surface area contributed by atoms with Crippen LogP contribution in [0.1, 0.15) is 37.0 Å². The summed E-state index contributed by atoms with van der Waals surface area (Å²) in [6, 6.07) is 5.12. The number of anilines is 1. The lowest BCUT2D eigenvalue weighted by molar-refractivity contribution is 0.0713. The van der Waals surface area contributed by atoms with Crippen molar-refractivity contribution in [1.29, 1.82) is 0 Å². The van der Waals surface area contributed by atoms with Gasteiger partial charge in [-0.15, -0.1) is 0 Å². The maximum absolute atomic E-state index is 12.4. The van der Waals surface area contributed by atoms with Gasteiger partial charge in [-0.05, 0) is 56.9 Å². The zero-order valence-corrected chi connectivity index (χ0v) is 17.5. The Morgan fingerprint density at radius 1 is 1.34 bits per heavy atom. The number of amidine groups is 1. The van der Waals surface area contributed by atoms with E-state index in [1.165, 1.54) is 6.20 Å². The van der Waals surface area contributed by atoms with Gasteiger partial charge in [0.05, 0.1) is 35.1 Å². The average molecular weight is 419 g/mol. The van der Waals surface area contributed by atoms with E-state index in [-0.39, 0.29) is 11.4 Å². The Hall–Kier alpha value is -2.69. The van der Waals surface area contributed by atoms with Crippen molar-refractivity contribution in [3.05, 3.63) is 47.3 Å². The van der Waals surface area contributed by atoms with Crippen LogP contribution in [-0.2, 0) is 16.4 Å². The molecule has 0 saturated carbocycles. The molecule has 10 heteroatoms. The van der Waals surface area contributed by atoms with Crippen molar-refractivity contribution in [3.63, 3.8) is 0 Å². The maximum Gasteiger partial charge on any atom is 0.238 e. The van der Waals surface area contributed by atoms with Crippen molar-refractivity contribution < 1.29 is 13.5 Å². The number of aryl methyl sites for hydroxylation is 2. The van der Waals surface area contributed by atoms with Gasteiger partial charge in [-0.25, -0.2) is 18.5 Å². The van der Waals surface area contributed by atoms with Gasteiger partial charge >= 0.3 is 0 Å². The predicted molar refractivity (Wildman–Crippen MR) is 113 cm³/mol. The second-order valence-electron chi connectivity index (χ2n) is 7.80. The smallest absolute Gasteiger partial charge is 0.238 e. The molecule has 0 fully saturated rings. The molecule has 1 aromatic carbocycles. The van der Waals surface area contributed by atoms with Gasteiger partial charge in [0.25, 0.3) is 0 Å². The van der Waals surface area contributed by atoms with E-state index in [4.69, 9.17) is 10.9 Å². The number of hydrogen-bond donors (Lipinski definition) is 4. The second-order valence-corrected chi connectivity index (χ2v) is 9.32. The molecule has 0 bridgehead atoms. The summed E-state index contributed by atoms with van der Waals surface area (Å²) in [7, 11) is -4.02. The SMILES string of the molecule is Cc1cc(C2=CN=C(N)CN2c2ccn[nH]2)c(S(N)(=O)=O)cc1CCC(C)(C)O. The van der Waals surface area contributed by atoms with Crippen LogP contribution in [0.3, 0.4) is 0 Å². The number of benzene rings is 1. The van der Waals surface area contributed by atoms with Crippen LogP contribution in [0, 0.1) is 6.92 Å². The molecule has 1 aliphatic heterocycles. The number of hydrogen-bond acceptors (Lipinski definition) is 7. The Morgan fingerprint density at radius 3 is 2.66 bits per heavy atom. The quantitative estimate of drug-likeness (QED) is 0.554. The summed E-state index contributed by atoms with van der Waals surface area (Å²) >= 11 is 0. The van der Waals surface area contributed by atoms with Gasteiger partial charge in [0.1, 0.15) is 11.7 Å². The number of nitrogens with two attached hydrogens (primary N) is 2. The number of aromatic nitrogens is 2. The molecule has 2 heterocycles. The van der Waals surface area contributed by atoms with Gasteiger partial charge in [0, 0.05) is 11.6 Å². The molecule has 3 rings (SSSR count). The van der Waals surface area contributed by atoms with E-state index in [1.807, 2.05) is 6.92 Å². The lowest BCUT2D eigenvalue weighted by Gasteiger charge is -2.29. The average Bonchev–Trinajstić information content (AvgIpc) is 3.13. The number of sulfonamides is 1. The standard InChI is InChI=1S/C19H26N6O3S/c1-12-8-14(15-10-22-17(20)11-25(15)18-5-7-23-24-18)16(29(21,27)28)9-13(12)4-6-19(2,3)26/h5,7-10,26H,4,6,11H2,1-3H3,(H2,20,22)(H,23,24)(H2,21,27,28). The first-order valence-electron chi connectivity index (χ1n) is 9.14. The van der Waals surface area contributed by atoms with Crippen molar-refractivity contribution >= 4 is 27.4 Å². The number of nitrogens with one attached hydrogen (secondary N) is 1. The normalized spacial score (nSPS) is 15.3. The highest BCUT2D eigenvalue weighted by Gasteiger charge is 2.26. The third kappa shape index (κ3) is 4.84. The molecular weight excluding hydrogens is 392 g/mol. The highest BCUT2D eigenvalue weighted by Crippen LogP contribution is 2.33. The minimum absolute atomic E-state index is 0.000262. The first-order chi connectivity index (χ1) is 13.5. The number of nitrogens with zero attached hydrogens (tertiary/aromatic N) is 3. The fourth-order valence-electron chi connectivity index (χ4n) is 3.21. The third-order valence-corrected chi connectivity index (χ3v) is 5.72.